The Labute approximate surface area is 159 Å². The zero-order chi connectivity index (χ0) is 18.6. The SMILES string of the molecule is N#CC1(C#N)[C@@H](c2cccc(Br)c2)O[C@@]23CCCC[C@H]2[C@@]1(C#N)C(=N)O3. The van der Waals surface area contributed by atoms with Gasteiger partial charge in [-0.1, -0.05) is 34.5 Å². The Morgan fingerprint density at radius 1 is 1.15 bits per heavy atom. The molecule has 1 aromatic carbocycles. The lowest BCUT2D eigenvalue weighted by Crippen LogP contribution is -2.60. The van der Waals surface area contributed by atoms with E-state index in [1.54, 1.807) is 18.2 Å². The number of hydrogen-bond acceptors (Lipinski definition) is 6. The molecule has 2 saturated heterocycles. The summed E-state index contributed by atoms with van der Waals surface area (Å²) in [5, 5.41) is 38.8. The third-order valence-corrected chi connectivity index (χ3v) is 6.46. The normalized spacial score (nSPS) is 36.8. The zero-order valence-electron chi connectivity index (χ0n) is 13.8. The molecule has 1 aromatic rings. The van der Waals surface area contributed by atoms with E-state index in [0.717, 1.165) is 17.3 Å². The first-order chi connectivity index (χ1) is 12.5. The van der Waals surface area contributed by atoms with Gasteiger partial charge in [0.1, 0.15) is 6.10 Å². The maximum atomic E-state index is 10.2. The number of nitrogens with zero attached hydrogens (tertiary/aromatic N) is 3. The van der Waals surface area contributed by atoms with E-state index in [4.69, 9.17) is 14.9 Å². The summed E-state index contributed by atoms with van der Waals surface area (Å²) in [4.78, 5) is 0. The minimum atomic E-state index is -1.86. The van der Waals surface area contributed by atoms with Gasteiger partial charge in [-0.3, -0.25) is 5.41 Å². The summed E-state index contributed by atoms with van der Waals surface area (Å²) in [5.74, 6) is -1.92. The van der Waals surface area contributed by atoms with Gasteiger partial charge in [-0.05, 0) is 30.5 Å². The van der Waals surface area contributed by atoms with Crippen molar-refractivity contribution in [1.29, 1.82) is 21.2 Å². The van der Waals surface area contributed by atoms with Gasteiger partial charge in [-0.2, -0.15) is 15.8 Å². The van der Waals surface area contributed by atoms with Crippen molar-refractivity contribution in [3.05, 3.63) is 34.3 Å². The van der Waals surface area contributed by atoms with Crippen molar-refractivity contribution in [2.45, 2.75) is 37.6 Å². The van der Waals surface area contributed by atoms with E-state index in [0.29, 0.717) is 18.4 Å². The summed E-state index contributed by atoms with van der Waals surface area (Å²) in [5.41, 5.74) is -2.88. The lowest BCUT2D eigenvalue weighted by atomic mass is 9.51. The number of nitriles is 3. The van der Waals surface area contributed by atoms with Crippen molar-refractivity contribution in [1.82, 2.24) is 0 Å². The Morgan fingerprint density at radius 3 is 2.58 bits per heavy atom. The monoisotopic (exact) mass is 410 g/mol. The van der Waals surface area contributed by atoms with Gasteiger partial charge >= 0.3 is 0 Å². The van der Waals surface area contributed by atoms with Crippen LogP contribution in [0.15, 0.2) is 28.7 Å². The Balaban J connectivity index is 2.01. The highest BCUT2D eigenvalue weighted by Crippen LogP contribution is 2.69. The zero-order valence-corrected chi connectivity index (χ0v) is 15.4. The predicted octanol–water partition coefficient (Wildman–Crippen LogP) is 3.96. The predicted molar refractivity (Wildman–Crippen MR) is 93.2 cm³/mol. The average molecular weight is 411 g/mol. The molecule has 3 aliphatic rings. The summed E-state index contributed by atoms with van der Waals surface area (Å²) >= 11 is 3.41. The summed E-state index contributed by atoms with van der Waals surface area (Å²) in [6.07, 6.45) is 1.85. The Hall–Kier alpha value is -2.40. The minimum absolute atomic E-state index is 0.313. The molecule has 1 saturated carbocycles. The number of nitrogens with one attached hydrogen (secondary N) is 1. The minimum Gasteiger partial charge on any atom is -0.447 e. The molecule has 2 heterocycles. The first-order valence-electron chi connectivity index (χ1n) is 8.45. The summed E-state index contributed by atoms with van der Waals surface area (Å²) in [7, 11) is 0. The number of halogens is 1. The molecule has 0 spiro atoms. The van der Waals surface area contributed by atoms with Gasteiger partial charge in [0.25, 0.3) is 0 Å². The van der Waals surface area contributed by atoms with Crippen LogP contribution in [0.1, 0.15) is 37.4 Å². The van der Waals surface area contributed by atoms with Crippen molar-refractivity contribution in [2.24, 2.45) is 16.7 Å². The average Bonchev–Trinajstić information content (AvgIpc) is 2.86. The first-order valence-corrected chi connectivity index (χ1v) is 9.24. The molecule has 2 aliphatic heterocycles. The number of rotatable bonds is 1. The van der Waals surface area contributed by atoms with Crippen LogP contribution in [-0.2, 0) is 9.47 Å². The second kappa shape index (κ2) is 5.55. The molecule has 2 bridgehead atoms. The van der Waals surface area contributed by atoms with Crippen LogP contribution in [0.4, 0.5) is 0 Å². The van der Waals surface area contributed by atoms with Crippen molar-refractivity contribution < 1.29 is 9.47 Å². The molecule has 4 rings (SSSR count). The second-order valence-electron chi connectivity index (χ2n) is 7.05. The van der Waals surface area contributed by atoms with Crippen LogP contribution in [0.5, 0.6) is 0 Å². The molecule has 1 aliphatic carbocycles. The first kappa shape index (κ1) is 17.0. The third-order valence-electron chi connectivity index (χ3n) is 5.97. The van der Waals surface area contributed by atoms with Gasteiger partial charge in [0.15, 0.2) is 5.41 Å². The topological polar surface area (TPSA) is 114 Å². The maximum Gasteiger partial charge on any atom is 0.217 e. The highest BCUT2D eigenvalue weighted by molar-refractivity contribution is 9.10. The molecule has 4 atom stereocenters. The number of hydrogen-bond donors (Lipinski definition) is 1. The largest absolute Gasteiger partial charge is 0.447 e. The highest BCUT2D eigenvalue weighted by Gasteiger charge is 2.80. The number of ether oxygens (including phenoxy) is 2. The van der Waals surface area contributed by atoms with E-state index in [1.807, 2.05) is 6.07 Å². The van der Waals surface area contributed by atoms with E-state index in [9.17, 15) is 15.8 Å². The van der Waals surface area contributed by atoms with Gasteiger partial charge in [0.2, 0.25) is 17.1 Å². The molecule has 130 valence electrons. The van der Waals surface area contributed by atoms with Crippen LogP contribution in [0.25, 0.3) is 0 Å². The van der Waals surface area contributed by atoms with Crippen LogP contribution in [0.3, 0.4) is 0 Å². The van der Waals surface area contributed by atoms with Gasteiger partial charge in [-0.15, -0.1) is 0 Å². The Kier molecular flexibility index (Phi) is 3.63. The molecule has 6 nitrogen and oxygen atoms in total. The molecule has 1 N–H and O–H groups in total. The van der Waals surface area contributed by atoms with Crippen molar-refractivity contribution in [2.75, 3.05) is 0 Å². The van der Waals surface area contributed by atoms with Gasteiger partial charge in [0, 0.05) is 10.9 Å². The molecule has 7 heteroatoms. The van der Waals surface area contributed by atoms with E-state index in [-0.39, 0.29) is 5.90 Å². The molecule has 0 unspecified atom stereocenters. The van der Waals surface area contributed by atoms with E-state index in [2.05, 4.69) is 34.1 Å². The molecule has 0 aromatic heterocycles. The third kappa shape index (κ3) is 1.79. The van der Waals surface area contributed by atoms with Gasteiger partial charge in [-0.25, -0.2) is 0 Å². The van der Waals surface area contributed by atoms with Crippen molar-refractivity contribution in [3.8, 4) is 18.2 Å². The van der Waals surface area contributed by atoms with Crippen LogP contribution in [-0.4, -0.2) is 11.7 Å². The molecule has 0 radical (unpaired) electrons. The molecule has 0 amide bonds. The summed E-state index contributed by atoms with van der Waals surface area (Å²) in [6.45, 7) is 0. The quantitative estimate of drug-likeness (QED) is 0.752. The fourth-order valence-electron chi connectivity index (χ4n) is 4.83. The Morgan fingerprint density at radius 2 is 1.92 bits per heavy atom. The lowest BCUT2D eigenvalue weighted by Gasteiger charge is -2.51. The molecular weight excluding hydrogens is 396 g/mol. The van der Waals surface area contributed by atoms with Gasteiger partial charge in [0.05, 0.1) is 24.1 Å². The molecule has 3 fully saturated rings. The second-order valence-corrected chi connectivity index (χ2v) is 7.96. The summed E-state index contributed by atoms with van der Waals surface area (Å²) in [6, 6.07) is 13.5. The molecule has 26 heavy (non-hydrogen) atoms. The molecular formula is C19H15BrN4O2. The smallest absolute Gasteiger partial charge is 0.217 e. The summed E-state index contributed by atoms with van der Waals surface area (Å²) < 4.78 is 12.9. The van der Waals surface area contributed by atoms with Crippen LogP contribution in [0, 0.1) is 56.2 Å². The highest BCUT2D eigenvalue weighted by atomic mass is 79.9. The van der Waals surface area contributed by atoms with Crippen LogP contribution >= 0.6 is 15.9 Å². The van der Waals surface area contributed by atoms with Gasteiger partial charge < -0.3 is 9.47 Å². The maximum absolute atomic E-state index is 10.2. The van der Waals surface area contributed by atoms with Crippen molar-refractivity contribution in [3.63, 3.8) is 0 Å². The van der Waals surface area contributed by atoms with E-state index >= 15 is 0 Å². The fraction of sp³-hybridized carbons (Fsp3) is 0.474. The lowest BCUT2D eigenvalue weighted by molar-refractivity contribution is -0.294. The number of benzene rings is 1. The standard InChI is InChI=1S/C19H15BrN4O2/c20-13-5-3-4-12(8-13)15-17(9-21,10-22)18(11-23)14-6-1-2-7-19(14,25-15)26-16(18)24/h3-5,8,14-15,24H,1-2,6-7H2/t14-,15+,18-,19+/m0/s1. The fourth-order valence-corrected chi connectivity index (χ4v) is 5.25. The van der Waals surface area contributed by atoms with Crippen LogP contribution < -0.4 is 0 Å². The van der Waals surface area contributed by atoms with E-state index in [1.165, 1.54) is 0 Å². The Bertz CT molecular complexity index is 913. The van der Waals surface area contributed by atoms with Crippen LogP contribution in [0.2, 0.25) is 0 Å². The van der Waals surface area contributed by atoms with Crippen molar-refractivity contribution >= 4 is 21.8 Å². The van der Waals surface area contributed by atoms with E-state index < -0.39 is 28.6 Å².